The predicted octanol–water partition coefficient (Wildman–Crippen LogP) is 5.57. The summed E-state index contributed by atoms with van der Waals surface area (Å²) in [6.45, 7) is 5.55. The van der Waals surface area contributed by atoms with Gasteiger partial charge in [0.2, 0.25) is 0 Å². The van der Waals surface area contributed by atoms with Crippen molar-refractivity contribution < 1.29 is 9.59 Å². The van der Waals surface area contributed by atoms with Crippen LogP contribution in [0.2, 0.25) is 0 Å². The minimum absolute atomic E-state index is 0.0666. The van der Waals surface area contributed by atoms with Gasteiger partial charge in [-0.05, 0) is 51.3 Å². The van der Waals surface area contributed by atoms with Gasteiger partial charge in [0.15, 0.2) is 0 Å². The number of urea groups is 1. The monoisotopic (exact) mass is 427 g/mol. The molecule has 1 atom stereocenters. The van der Waals surface area contributed by atoms with Crippen LogP contribution in [0.1, 0.15) is 88.7 Å². The molecule has 0 aromatic heterocycles. The molecule has 0 bridgehead atoms. The Bertz CT molecular complexity index is 727. The molecule has 3 amide bonds. The molecule has 1 aliphatic heterocycles. The lowest BCUT2D eigenvalue weighted by molar-refractivity contribution is -0.135. The van der Waals surface area contributed by atoms with E-state index in [1.165, 1.54) is 43.4 Å². The van der Waals surface area contributed by atoms with E-state index < -0.39 is 5.54 Å². The summed E-state index contributed by atoms with van der Waals surface area (Å²) in [6, 6.07) is 7.92. The summed E-state index contributed by atoms with van der Waals surface area (Å²) in [5.74, 6) is 0.0947. The first-order valence-corrected chi connectivity index (χ1v) is 12.4. The summed E-state index contributed by atoms with van der Waals surface area (Å²) in [5.41, 5.74) is 1.19. The van der Waals surface area contributed by atoms with Gasteiger partial charge in [0, 0.05) is 0 Å². The molecule has 0 spiro atoms. The van der Waals surface area contributed by atoms with Crippen LogP contribution in [0.25, 0.3) is 0 Å². The van der Waals surface area contributed by atoms with Crippen LogP contribution in [0.15, 0.2) is 24.3 Å². The van der Waals surface area contributed by atoms with E-state index in [1.54, 1.807) is 0 Å². The average Bonchev–Trinajstić information content (AvgIpc) is 3.03. The number of unbranched alkanes of at least 4 members (excludes halogenated alkanes) is 5. The van der Waals surface area contributed by atoms with E-state index in [0.717, 1.165) is 49.8 Å². The number of carbonyl (C=O) groups excluding carboxylic acids is 2. The van der Waals surface area contributed by atoms with E-state index in [4.69, 9.17) is 0 Å². The van der Waals surface area contributed by atoms with Crippen molar-refractivity contribution in [2.24, 2.45) is 5.92 Å². The standard InChI is InChI=1S/C26H41N3O2/c1-4-5-6-7-8-12-19-28(3)20-29-24(30)26(27-25(29)31,22-13-10-9-11-14-22)23-17-15-21(2)16-18-23/h15-18,22H,4-14,19-20H2,1-3H3,(H,27,31). The van der Waals surface area contributed by atoms with Gasteiger partial charge in [0.1, 0.15) is 5.54 Å². The first-order chi connectivity index (χ1) is 15.0. The maximum absolute atomic E-state index is 13.8. The van der Waals surface area contributed by atoms with Crippen molar-refractivity contribution in [3.63, 3.8) is 0 Å². The molecule has 2 aliphatic rings. The quantitative estimate of drug-likeness (QED) is 0.371. The number of aryl methyl sites for hydroxylation is 1. The van der Waals surface area contributed by atoms with Gasteiger partial charge in [-0.1, -0.05) is 88.1 Å². The molecule has 0 radical (unpaired) electrons. The highest BCUT2D eigenvalue weighted by Crippen LogP contribution is 2.43. The van der Waals surface area contributed by atoms with Gasteiger partial charge < -0.3 is 5.32 Å². The Morgan fingerprint density at radius 1 is 1.00 bits per heavy atom. The van der Waals surface area contributed by atoms with Crippen molar-refractivity contribution in [2.45, 2.75) is 90.0 Å². The second-order valence-electron chi connectivity index (χ2n) is 9.66. The maximum Gasteiger partial charge on any atom is 0.326 e. The summed E-state index contributed by atoms with van der Waals surface area (Å²) in [7, 11) is 2.01. The van der Waals surface area contributed by atoms with E-state index in [2.05, 4.69) is 24.1 Å². The Kier molecular flexibility index (Phi) is 8.53. The highest BCUT2D eigenvalue weighted by Gasteiger charge is 2.56. The number of hydrogen-bond donors (Lipinski definition) is 1. The van der Waals surface area contributed by atoms with E-state index in [-0.39, 0.29) is 17.9 Å². The number of carbonyl (C=O) groups is 2. The second-order valence-corrected chi connectivity index (χ2v) is 9.66. The van der Waals surface area contributed by atoms with Crippen LogP contribution in [-0.2, 0) is 10.3 Å². The molecule has 1 N–H and O–H groups in total. The summed E-state index contributed by atoms with van der Waals surface area (Å²) < 4.78 is 0. The zero-order valence-electron chi connectivity index (χ0n) is 19.8. The van der Waals surface area contributed by atoms with Gasteiger partial charge in [-0.15, -0.1) is 0 Å². The molecule has 1 unspecified atom stereocenters. The van der Waals surface area contributed by atoms with Crippen molar-refractivity contribution in [1.29, 1.82) is 0 Å². The van der Waals surface area contributed by atoms with Crippen LogP contribution in [0.4, 0.5) is 4.79 Å². The van der Waals surface area contributed by atoms with Crippen molar-refractivity contribution in [3.8, 4) is 0 Å². The first kappa shape index (κ1) is 23.8. The van der Waals surface area contributed by atoms with Crippen molar-refractivity contribution in [3.05, 3.63) is 35.4 Å². The number of nitrogens with zero attached hydrogens (tertiary/aromatic N) is 2. The average molecular weight is 428 g/mol. The minimum Gasteiger partial charge on any atom is -0.319 e. The predicted molar refractivity (Wildman–Crippen MR) is 126 cm³/mol. The fourth-order valence-electron chi connectivity index (χ4n) is 5.26. The Morgan fingerprint density at radius 2 is 1.65 bits per heavy atom. The lowest BCUT2D eigenvalue weighted by Gasteiger charge is -2.38. The fourth-order valence-corrected chi connectivity index (χ4v) is 5.26. The van der Waals surface area contributed by atoms with E-state index in [1.807, 2.05) is 31.3 Å². The molecule has 1 aliphatic carbocycles. The summed E-state index contributed by atoms with van der Waals surface area (Å²) >= 11 is 0. The zero-order chi connectivity index (χ0) is 22.3. The smallest absolute Gasteiger partial charge is 0.319 e. The third-order valence-corrected chi connectivity index (χ3v) is 7.13. The second kappa shape index (κ2) is 11.1. The van der Waals surface area contributed by atoms with Crippen LogP contribution >= 0.6 is 0 Å². The summed E-state index contributed by atoms with van der Waals surface area (Å²) in [4.78, 5) is 30.4. The number of benzene rings is 1. The highest BCUT2D eigenvalue weighted by atomic mass is 16.2. The van der Waals surface area contributed by atoms with Gasteiger partial charge in [-0.25, -0.2) is 9.69 Å². The highest BCUT2D eigenvalue weighted by molar-refractivity contribution is 6.07. The van der Waals surface area contributed by atoms with E-state index >= 15 is 0 Å². The van der Waals surface area contributed by atoms with Gasteiger partial charge in [0.25, 0.3) is 5.91 Å². The lowest BCUT2D eigenvalue weighted by Crippen LogP contribution is -2.51. The van der Waals surface area contributed by atoms with Gasteiger partial charge in [0.05, 0.1) is 6.67 Å². The van der Waals surface area contributed by atoms with Crippen LogP contribution in [0.5, 0.6) is 0 Å². The van der Waals surface area contributed by atoms with E-state index in [0.29, 0.717) is 6.67 Å². The van der Waals surface area contributed by atoms with Crippen LogP contribution in [0, 0.1) is 12.8 Å². The molecule has 172 valence electrons. The minimum atomic E-state index is -0.911. The Morgan fingerprint density at radius 3 is 2.32 bits per heavy atom. The molecule has 1 aromatic rings. The topological polar surface area (TPSA) is 52.6 Å². The van der Waals surface area contributed by atoms with E-state index in [9.17, 15) is 9.59 Å². The van der Waals surface area contributed by atoms with Crippen molar-refractivity contribution in [2.75, 3.05) is 20.3 Å². The summed E-state index contributed by atoms with van der Waals surface area (Å²) in [5, 5.41) is 3.18. The number of nitrogens with one attached hydrogen (secondary N) is 1. The molecule has 1 heterocycles. The Hall–Kier alpha value is -1.88. The van der Waals surface area contributed by atoms with Gasteiger partial charge >= 0.3 is 6.03 Å². The molecule has 3 rings (SSSR count). The molecule has 1 aromatic carbocycles. The molecule has 1 saturated heterocycles. The maximum atomic E-state index is 13.8. The SMILES string of the molecule is CCCCCCCCN(C)CN1C(=O)NC(c2ccc(C)cc2)(C2CCCCC2)C1=O. The molecular formula is C26H41N3O2. The normalized spacial score (nSPS) is 22.4. The zero-order valence-corrected chi connectivity index (χ0v) is 19.8. The summed E-state index contributed by atoms with van der Waals surface area (Å²) in [6.07, 6.45) is 12.9. The lowest BCUT2D eigenvalue weighted by atomic mass is 9.70. The van der Waals surface area contributed by atoms with Crippen molar-refractivity contribution in [1.82, 2.24) is 15.1 Å². The number of hydrogen-bond acceptors (Lipinski definition) is 3. The molecule has 2 fully saturated rings. The van der Waals surface area contributed by atoms with Crippen LogP contribution in [0.3, 0.4) is 0 Å². The third kappa shape index (κ3) is 5.49. The Balaban J connectivity index is 1.70. The number of rotatable bonds is 11. The van der Waals surface area contributed by atoms with Crippen molar-refractivity contribution >= 4 is 11.9 Å². The van der Waals surface area contributed by atoms with Gasteiger partial charge in [-0.2, -0.15) is 0 Å². The molecule has 5 heteroatoms. The molecule has 5 nitrogen and oxygen atoms in total. The number of imide groups is 1. The van der Waals surface area contributed by atoms with Crippen LogP contribution < -0.4 is 5.32 Å². The molecular weight excluding hydrogens is 386 g/mol. The largest absolute Gasteiger partial charge is 0.326 e. The van der Waals surface area contributed by atoms with Crippen LogP contribution in [-0.4, -0.2) is 42.0 Å². The first-order valence-electron chi connectivity index (χ1n) is 12.4. The van der Waals surface area contributed by atoms with Gasteiger partial charge in [-0.3, -0.25) is 9.69 Å². The molecule has 1 saturated carbocycles. The molecule has 31 heavy (non-hydrogen) atoms. The third-order valence-electron chi connectivity index (χ3n) is 7.13. The number of amides is 3. The Labute approximate surface area is 188 Å². The fraction of sp³-hybridized carbons (Fsp3) is 0.692.